The highest BCUT2D eigenvalue weighted by molar-refractivity contribution is 5.78. The summed E-state index contributed by atoms with van der Waals surface area (Å²) in [6.45, 7) is 4.28. The highest BCUT2D eigenvalue weighted by Crippen LogP contribution is 2.29. The summed E-state index contributed by atoms with van der Waals surface area (Å²) in [5, 5.41) is 10.1. The topological polar surface area (TPSA) is 46.5 Å². The zero-order chi connectivity index (χ0) is 19.7. The first kappa shape index (κ1) is 24.2. The predicted octanol–water partition coefficient (Wildman–Crippen LogP) is 6.73. The first-order valence-corrected chi connectivity index (χ1v) is 11.7. The lowest BCUT2D eigenvalue weighted by molar-refractivity contribution is -0.188. The summed E-state index contributed by atoms with van der Waals surface area (Å²) in [7, 11) is 0. The number of ether oxygens (including phenoxy) is 1. The molecule has 158 valence electrons. The van der Waals surface area contributed by atoms with Crippen LogP contribution in [0.25, 0.3) is 0 Å². The monoisotopic (exact) mass is 380 g/mol. The van der Waals surface area contributed by atoms with Crippen molar-refractivity contribution in [3.05, 3.63) is 12.2 Å². The Bertz CT molecular complexity index is 391. The van der Waals surface area contributed by atoms with Crippen LogP contribution in [0.4, 0.5) is 0 Å². The summed E-state index contributed by atoms with van der Waals surface area (Å²) in [4.78, 5) is 11.3. The molecule has 3 atom stereocenters. The van der Waals surface area contributed by atoms with Crippen LogP contribution in [0.15, 0.2) is 12.2 Å². The largest absolute Gasteiger partial charge is 0.461 e. The number of unbranched alkanes of at least 4 members (excludes halogenated alkanes) is 11. The number of carbonyl (C=O) groups is 1. The van der Waals surface area contributed by atoms with Gasteiger partial charge in [-0.05, 0) is 38.5 Å². The average molecular weight is 381 g/mol. The molecule has 0 aromatic heterocycles. The molecule has 1 rings (SSSR count). The maximum Gasteiger partial charge on any atom is 0.313 e. The van der Waals surface area contributed by atoms with E-state index in [0.29, 0.717) is 6.42 Å². The van der Waals surface area contributed by atoms with Gasteiger partial charge < -0.3 is 9.84 Å². The fourth-order valence-corrected chi connectivity index (χ4v) is 3.88. The number of aliphatic hydroxyl groups is 1. The second kappa shape index (κ2) is 16.2. The highest BCUT2D eigenvalue weighted by Gasteiger charge is 2.41. The van der Waals surface area contributed by atoms with Gasteiger partial charge in [0.15, 0.2) is 0 Å². The summed E-state index contributed by atoms with van der Waals surface area (Å²) >= 11 is 0. The number of hydrogen-bond donors (Lipinski definition) is 1. The minimum Gasteiger partial charge on any atom is -0.461 e. The van der Waals surface area contributed by atoms with Crippen LogP contribution in [0.1, 0.15) is 117 Å². The van der Waals surface area contributed by atoms with Crippen LogP contribution in [-0.4, -0.2) is 23.3 Å². The third kappa shape index (κ3) is 11.6. The van der Waals surface area contributed by atoms with Crippen molar-refractivity contribution in [2.24, 2.45) is 5.92 Å². The molecule has 1 saturated heterocycles. The van der Waals surface area contributed by atoms with E-state index in [1.165, 1.54) is 77.0 Å². The number of carbonyl (C=O) groups excluding carboxylic acids is 1. The van der Waals surface area contributed by atoms with Crippen LogP contribution < -0.4 is 0 Å². The van der Waals surface area contributed by atoms with Gasteiger partial charge in [-0.2, -0.15) is 0 Å². The number of hydrogen-bond acceptors (Lipinski definition) is 3. The van der Waals surface area contributed by atoms with Crippen molar-refractivity contribution in [3.8, 4) is 0 Å². The molecule has 0 aromatic carbocycles. The number of aliphatic hydroxyl groups excluding tert-OH is 1. The number of esters is 1. The van der Waals surface area contributed by atoms with Crippen LogP contribution in [0.3, 0.4) is 0 Å². The van der Waals surface area contributed by atoms with Gasteiger partial charge in [0.25, 0.3) is 0 Å². The quantitative estimate of drug-likeness (QED) is 0.163. The normalized spacial score (nSPS) is 20.6. The molecule has 1 aliphatic heterocycles. The van der Waals surface area contributed by atoms with Crippen LogP contribution in [0.2, 0.25) is 0 Å². The molecule has 0 spiro atoms. The molecule has 0 aliphatic carbocycles. The number of allylic oxidation sites excluding steroid dienone is 2. The van der Waals surface area contributed by atoms with E-state index >= 15 is 0 Å². The molecule has 27 heavy (non-hydrogen) atoms. The third-order valence-electron chi connectivity index (χ3n) is 5.76. The van der Waals surface area contributed by atoms with E-state index in [1.807, 2.05) is 6.92 Å². The standard InChI is InChI=1S/C24H44O3/c1-3-5-6-7-8-9-10-11-12-13-14-15-16-17-18-19-21(25)20-23-22(4-2)24(26)27-23/h11-12,21-23,25H,3-10,13-20H2,1-2H3. The van der Waals surface area contributed by atoms with Gasteiger partial charge in [-0.1, -0.05) is 83.8 Å². The predicted molar refractivity (Wildman–Crippen MR) is 114 cm³/mol. The Balaban J connectivity index is 1.82. The lowest BCUT2D eigenvalue weighted by atomic mass is 9.89. The van der Waals surface area contributed by atoms with Gasteiger partial charge in [0.1, 0.15) is 6.10 Å². The minimum absolute atomic E-state index is 0.0220. The lowest BCUT2D eigenvalue weighted by Gasteiger charge is -2.35. The second-order valence-corrected chi connectivity index (χ2v) is 8.25. The number of rotatable bonds is 18. The maximum atomic E-state index is 11.3. The minimum atomic E-state index is -0.318. The molecule has 1 N–H and O–H groups in total. The molecule has 0 amide bonds. The molecule has 3 nitrogen and oxygen atoms in total. The molecule has 0 saturated carbocycles. The maximum absolute atomic E-state index is 11.3. The zero-order valence-corrected chi connectivity index (χ0v) is 18.0. The van der Waals surface area contributed by atoms with Crippen molar-refractivity contribution < 1.29 is 14.6 Å². The van der Waals surface area contributed by atoms with Gasteiger partial charge in [-0.25, -0.2) is 0 Å². The van der Waals surface area contributed by atoms with Crippen LogP contribution >= 0.6 is 0 Å². The molecule has 0 radical (unpaired) electrons. The van der Waals surface area contributed by atoms with E-state index in [-0.39, 0.29) is 24.1 Å². The van der Waals surface area contributed by atoms with E-state index in [9.17, 15) is 9.90 Å². The van der Waals surface area contributed by atoms with Crippen molar-refractivity contribution in [1.82, 2.24) is 0 Å². The van der Waals surface area contributed by atoms with E-state index in [1.54, 1.807) is 0 Å². The first-order chi connectivity index (χ1) is 13.2. The van der Waals surface area contributed by atoms with Gasteiger partial charge in [-0.3, -0.25) is 4.79 Å². The second-order valence-electron chi connectivity index (χ2n) is 8.25. The Labute approximate surface area is 168 Å². The highest BCUT2D eigenvalue weighted by atomic mass is 16.6. The van der Waals surface area contributed by atoms with E-state index in [4.69, 9.17) is 4.74 Å². The number of cyclic esters (lactones) is 1. The third-order valence-corrected chi connectivity index (χ3v) is 5.76. The van der Waals surface area contributed by atoms with Gasteiger partial charge in [0, 0.05) is 6.42 Å². The molecule has 1 heterocycles. The fraction of sp³-hybridized carbons (Fsp3) is 0.875. The van der Waals surface area contributed by atoms with Crippen LogP contribution in [0, 0.1) is 5.92 Å². The van der Waals surface area contributed by atoms with Gasteiger partial charge in [0.2, 0.25) is 0 Å². The zero-order valence-electron chi connectivity index (χ0n) is 18.0. The van der Waals surface area contributed by atoms with Crippen LogP contribution in [0.5, 0.6) is 0 Å². The van der Waals surface area contributed by atoms with Crippen molar-refractivity contribution in [2.75, 3.05) is 0 Å². The first-order valence-electron chi connectivity index (χ1n) is 11.7. The summed E-state index contributed by atoms with van der Waals surface area (Å²) in [5.41, 5.74) is 0. The van der Waals surface area contributed by atoms with Crippen molar-refractivity contribution in [2.45, 2.75) is 129 Å². The summed E-state index contributed by atoms with van der Waals surface area (Å²) < 4.78 is 5.14. The van der Waals surface area contributed by atoms with E-state index < -0.39 is 0 Å². The Kier molecular flexibility index (Phi) is 14.5. The SMILES string of the molecule is CCCCCCCCC=CCCCCCCCC(O)CC1OC(=O)C1CC. The Morgan fingerprint density at radius 3 is 2.00 bits per heavy atom. The fourth-order valence-electron chi connectivity index (χ4n) is 3.88. The molecular weight excluding hydrogens is 336 g/mol. The Morgan fingerprint density at radius 2 is 1.44 bits per heavy atom. The molecule has 3 unspecified atom stereocenters. The lowest BCUT2D eigenvalue weighted by Crippen LogP contribution is -2.46. The Morgan fingerprint density at radius 1 is 0.889 bits per heavy atom. The van der Waals surface area contributed by atoms with Crippen molar-refractivity contribution >= 4 is 5.97 Å². The Hall–Kier alpha value is -0.830. The summed E-state index contributed by atoms with van der Waals surface area (Å²) in [5.74, 6) is -0.0653. The summed E-state index contributed by atoms with van der Waals surface area (Å²) in [6.07, 6.45) is 23.5. The van der Waals surface area contributed by atoms with E-state index in [0.717, 1.165) is 19.3 Å². The van der Waals surface area contributed by atoms with Crippen molar-refractivity contribution in [3.63, 3.8) is 0 Å². The van der Waals surface area contributed by atoms with Crippen molar-refractivity contribution in [1.29, 1.82) is 0 Å². The average Bonchev–Trinajstić information content (AvgIpc) is 2.64. The van der Waals surface area contributed by atoms with Gasteiger partial charge >= 0.3 is 5.97 Å². The molecular formula is C24H44O3. The summed E-state index contributed by atoms with van der Waals surface area (Å²) in [6, 6.07) is 0. The molecule has 3 heteroatoms. The van der Waals surface area contributed by atoms with Gasteiger partial charge in [-0.15, -0.1) is 0 Å². The van der Waals surface area contributed by atoms with E-state index in [2.05, 4.69) is 19.1 Å². The molecule has 0 aromatic rings. The van der Waals surface area contributed by atoms with Crippen LogP contribution in [-0.2, 0) is 9.53 Å². The molecule has 1 fully saturated rings. The molecule has 0 bridgehead atoms. The molecule has 1 aliphatic rings. The van der Waals surface area contributed by atoms with Gasteiger partial charge in [0.05, 0.1) is 12.0 Å². The smallest absolute Gasteiger partial charge is 0.313 e.